The topological polar surface area (TPSA) is 46.1 Å². The summed E-state index contributed by atoms with van der Waals surface area (Å²) in [6.07, 6.45) is 3.97. The summed E-state index contributed by atoms with van der Waals surface area (Å²) in [5.41, 5.74) is 1.00. The standard InChI is InChI=1S/C18H28ClN3O2.HI/c1-6-8-9-10-22(4)18(20-3)21-13-14-11-15(19)17(24-7-2)16(12-14)23-5;/h6,11-12H,1,7-10,13H2,2-5H3,(H,20,21);1H. The Morgan fingerprint density at radius 3 is 2.72 bits per heavy atom. The van der Waals surface area contributed by atoms with Gasteiger partial charge in [0.05, 0.1) is 18.7 Å². The average Bonchev–Trinajstić information content (AvgIpc) is 2.57. The molecule has 0 spiro atoms. The Morgan fingerprint density at radius 1 is 1.44 bits per heavy atom. The van der Waals surface area contributed by atoms with Gasteiger partial charge in [-0.25, -0.2) is 0 Å². The fraction of sp³-hybridized carbons (Fsp3) is 0.500. The molecule has 0 heterocycles. The number of hydrogen-bond acceptors (Lipinski definition) is 3. The van der Waals surface area contributed by atoms with Gasteiger partial charge in [0.15, 0.2) is 17.5 Å². The predicted molar refractivity (Wildman–Crippen MR) is 117 cm³/mol. The molecule has 0 atom stereocenters. The van der Waals surface area contributed by atoms with Gasteiger partial charge in [0, 0.05) is 27.2 Å². The fourth-order valence-electron chi connectivity index (χ4n) is 2.30. The largest absolute Gasteiger partial charge is 0.493 e. The zero-order valence-corrected chi connectivity index (χ0v) is 18.6. The molecule has 25 heavy (non-hydrogen) atoms. The van der Waals surface area contributed by atoms with E-state index in [9.17, 15) is 0 Å². The van der Waals surface area contributed by atoms with Crippen LogP contribution in [0.4, 0.5) is 0 Å². The second kappa shape index (κ2) is 13.1. The van der Waals surface area contributed by atoms with Crippen LogP contribution in [-0.4, -0.2) is 45.2 Å². The smallest absolute Gasteiger partial charge is 0.193 e. The summed E-state index contributed by atoms with van der Waals surface area (Å²) in [5, 5.41) is 3.88. The Hall–Kier alpha value is -1.15. The van der Waals surface area contributed by atoms with Crippen LogP contribution >= 0.6 is 35.6 Å². The number of halogens is 2. The van der Waals surface area contributed by atoms with E-state index in [1.165, 1.54) is 0 Å². The van der Waals surface area contributed by atoms with Crippen molar-refractivity contribution in [2.24, 2.45) is 4.99 Å². The SMILES string of the molecule is C=CCCCN(C)C(=NC)NCc1cc(Cl)c(OCC)c(OC)c1.I. The highest BCUT2D eigenvalue weighted by atomic mass is 127. The van der Waals surface area contributed by atoms with Gasteiger partial charge in [0.1, 0.15) is 0 Å². The Labute approximate surface area is 173 Å². The summed E-state index contributed by atoms with van der Waals surface area (Å²) in [6, 6.07) is 3.81. The molecule has 7 heteroatoms. The number of nitrogens with zero attached hydrogens (tertiary/aromatic N) is 2. The second-order valence-corrected chi connectivity index (χ2v) is 5.70. The lowest BCUT2D eigenvalue weighted by Crippen LogP contribution is -2.38. The molecule has 0 aliphatic carbocycles. The van der Waals surface area contributed by atoms with E-state index >= 15 is 0 Å². The minimum absolute atomic E-state index is 0. The van der Waals surface area contributed by atoms with Gasteiger partial charge in [-0.05, 0) is 37.5 Å². The first kappa shape index (κ1) is 23.9. The Morgan fingerprint density at radius 2 is 2.16 bits per heavy atom. The van der Waals surface area contributed by atoms with Crippen LogP contribution in [0.5, 0.6) is 11.5 Å². The van der Waals surface area contributed by atoms with Gasteiger partial charge in [-0.15, -0.1) is 30.6 Å². The highest BCUT2D eigenvalue weighted by molar-refractivity contribution is 14.0. The highest BCUT2D eigenvalue weighted by Crippen LogP contribution is 2.36. The number of allylic oxidation sites excluding steroid dienone is 1. The van der Waals surface area contributed by atoms with Crippen molar-refractivity contribution >= 4 is 41.5 Å². The van der Waals surface area contributed by atoms with Gasteiger partial charge in [0.25, 0.3) is 0 Å². The van der Waals surface area contributed by atoms with Crippen molar-refractivity contribution in [2.75, 3.05) is 34.4 Å². The third-order valence-corrected chi connectivity index (χ3v) is 3.78. The molecule has 142 valence electrons. The van der Waals surface area contributed by atoms with Crippen molar-refractivity contribution in [1.82, 2.24) is 10.2 Å². The number of hydrogen-bond donors (Lipinski definition) is 1. The maximum atomic E-state index is 6.31. The van der Waals surface area contributed by atoms with E-state index in [0.29, 0.717) is 29.7 Å². The molecule has 1 N–H and O–H groups in total. The molecule has 0 amide bonds. The van der Waals surface area contributed by atoms with Gasteiger partial charge in [-0.3, -0.25) is 4.99 Å². The van der Waals surface area contributed by atoms with E-state index in [-0.39, 0.29) is 24.0 Å². The Bertz CT molecular complexity index is 567. The quantitative estimate of drug-likeness (QED) is 0.187. The van der Waals surface area contributed by atoms with Gasteiger partial charge in [-0.1, -0.05) is 17.7 Å². The van der Waals surface area contributed by atoms with E-state index in [1.807, 2.05) is 32.2 Å². The summed E-state index contributed by atoms with van der Waals surface area (Å²) in [7, 11) is 5.40. The number of aliphatic imine (C=N–C) groups is 1. The minimum atomic E-state index is 0. The lowest BCUT2D eigenvalue weighted by atomic mass is 10.2. The number of benzene rings is 1. The van der Waals surface area contributed by atoms with Crippen LogP contribution in [0.1, 0.15) is 25.3 Å². The Balaban J connectivity index is 0.00000576. The molecule has 0 unspecified atom stereocenters. The minimum Gasteiger partial charge on any atom is -0.493 e. The Kier molecular flexibility index (Phi) is 12.5. The monoisotopic (exact) mass is 481 g/mol. The van der Waals surface area contributed by atoms with Crippen LogP contribution in [0, 0.1) is 0 Å². The van der Waals surface area contributed by atoms with Crippen LogP contribution in [0.25, 0.3) is 0 Å². The number of guanidine groups is 1. The van der Waals surface area contributed by atoms with Crippen molar-refractivity contribution < 1.29 is 9.47 Å². The molecule has 0 saturated heterocycles. The first-order chi connectivity index (χ1) is 11.6. The summed E-state index contributed by atoms with van der Waals surface area (Å²) in [4.78, 5) is 6.40. The van der Waals surface area contributed by atoms with E-state index < -0.39 is 0 Å². The molecule has 0 aliphatic rings. The number of methoxy groups -OCH3 is 1. The van der Waals surface area contributed by atoms with Crippen LogP contribution in [0.3, 0.4) is 0 Å². The molecule has 0 fully saturated rings. The molecule has 0 aliphatic heterocycles. The summed E-state index contributed by atoms with van der Waals surface area (Å²) in [5.74, 6) is 2.05. The van der Waals surface area contributed by atoms with Gasteiger partial charge >= 0.3 is 0 Å². The van der Waals surface area contributed by atoms with E-state index in [2.05, 4.69) is 21.8 Å². The van der Waals surface area contributed by atoms with Crippen LogP contribution < -0.4 is 14.8 Å². The molecular weight excluding hydrogens is 453 g/mol. The van der Waals surface area contributed by atoms with Crippen LogP contribution in [-0.2, 0) is 6.54 Å². The molecule has 0 radical (unpaired) electrons. The zero-order valence-electron chi connectivity index (χ0n) is 15.5. The fourth-order valence-corrected chi connectivity index (χ4v) is 2.59. The summed E-state index contributed by atoms with van der Waals surface area (Å²) < 4.78 is 10.9. The summed E-state index contributed by atoms with van der Waals surface area (Å²) in [6.45, 7) is 7.71. The highest BCUT2D eigenvalue weighted by Gasteiger charge is 2.12. The lowest BCUT2D eigenvalue weighted by molar-refractivity contribution is 0.311. The molecule has 0 aromatic heterocycles. The normalized spacial score (nSPS) is 10.7. The maximum absolute atomic E-state index is 6.31. The number of nitrogens with one attached hydrogen (secondary N) is 1. The first-order valence-corrected chi connectivity index (χ1v) is 8.47. The van der Waals surface area contributed by atoms with E-state index in [0.717, 1.165) is 30.9 Å². The molecule has 0 bridgehead atoms. The van der Waals surface area contributed by atoms with Crippen molar-refractivity contribution in [2.45, 2.75) is 26.3 Å². The van der Waals surface area contributed by atoms with Crippen molar-refractivity contribution in [3.05, 3.63) is 35.4 Å². The van der Waals surface area contributed by atoms with Gasteiger partial charge in [0.2, 0.25) is 0 Å². The van der Waals surface area contributed by atoms with Crippen molar-refractivity contribution in [3.63, 3.8) is 0 Å². The van der Waals surface area contributed by atoms with Gasteiger partial charge < -0.3 is 19.7 Å². The van der Waals surface area contributed by atoms with E-state index in [1.54, 1.807) is 14.2 Å². The first-order valence-electron chi connectivity index (χ1n) is 8.09. The molecule has 1 rings (SSSR count). The van der Waals surface area contributed by atoms with Crippen molar-refractivity contribution in [3.8, 4) is 11.5 Å². The number of ether oxygens (including phenoxy) is 2. The van der Waals surface area contributed by atoms with Crippen molar-refractivity contribution in [1.29, 1.82) is 0 Å². The third-order valence-electron chi connectivity index (χ3n) is 3.50. The lowest BCUT2D eigenvalue weighted by Gasteiger charge is -2.22. The molecule has 0 saturated carbocycles. The molecular formula is C18H29ClIN3O2. The molecule has 1 aromatic carbocycles. The van der Waals surface area contributed by atoms with E-state index in [4.69, 9.17) is 21.1 Å². The molecule has 1 aromatic rings. The molecule has 5 nitrogen and oxygen atoms in total. The number of rotatable bonds is 9. The maximum Gasteiger partial charge on any atom is 0.193 e. The summed E-state index contributed by atoms with van der Waals surface area (Å²) >= 11 is 6.31. The average molecular weight is 482 g/mol. The second-order valence-electron chi connectivity index (χ2n) is 5.30. The van der Waals surface area contributed by atoms with Gasteiger partial charge in [-0.2, -0.15) is 0 Å². The third kappa shape index (κ3) is 7.73. The van der Waals surface area contributed by atoms with Crippen LogP contribution in [0.2, 0.25) is 5.02 Å². The predicted octanol–water partition coefficient (Wildman–Crippen LogP) is 4.34. The van der Waals surface area contributed by atoms with Crippen LogP contribution in [0.15, 0.2) is 29.8 Å². The number of unbranched alkanes of at least 4 members (excludes halogenated alkanes) is 1. The zero-order chi connectivity index (χ0) is 17.9.